The summed E-state index contributed by atoms with van der Waals surface area (Å²) < 4.78 is 5.36. The lowest BCUT2D eigenvalue weighted by Crippen LogP contribution is -2.53. The van der Waals surface area contributed by atoms with E-state index in [-0.39, 0.29) is 18.5 Å². The van der Waals surface area contributed by atoms with E-state index in [2.05, 4.69) is 4.90 Å². The minimum Gasteiger partial charge on any atom is -0.444 e. The molecule has 178 valence electrons. The Bertz CT molecular complexity index is 1010. The van der Waals surface area contributed by atoms with E-state index >= 15 is 0 Å². The molecule has 1 heterocycles. The number of amides is 2. The maximum atomic E-state index is 13.1. The predicted molar refractivity (Wildman–Crippen MR) is 133 cm³/mol. The van der Waals surface area contributed by atoms with Crippen LogP contribution >= 0.6 is 34.8 Å². The minimum absolute atomic E-state index is 0.0655. The summed E-state index contributed by atoms with van der Waals surface area (Å²) in [6, 6.07) is 12.8. The SMILES string of the molecule is CN(CC(=O)N1CCN(c2ccc(Cl)cc2Cl)[C@H](c2ccc(Cl)cc2)C1)C(=O)OC(C)(C)C. The molecule has 1 fully saturated rings. The molecule has 33 heavy (non-hydrogen) atoms. The van der Waals surface area contributed by atoms with Crippen LogP contribution in [0.2, 0.25) is 15.1 Å². The molecule has 3 rings (SSSR count). The van der Waals surface area contributed by atoms with Crippen molar-refractivity contribution in [3.8, 4) is 0 Å². The third kappa shape index (κ3) is 6.69. The summed E-state index contributed by atoms with van der Waals surface area (Å²) in [4.78, 5) is 30.6. The second-order valence-corrected chi connectivity index (χ2v) is 10.3. The van der Waals surface area contributed by atoms with Crippen molar-refractivity contribution in [1.82, 2.24) is 9.80 Å². The fraction of sp³-hybridized carbons (Fsp3) is 0.417. The van der Waals surface area contributed by atoms with Crippen molar-refractivity contribution in [2.24, 2.45) is 0 Å². The summed E-state index contributed by atoms with van der Waals surface area (Å²) in [6.07, 6.45) is -0.531. The van der Waals surface area contributed by atoms with E-state index in [0.29, 0.717) is 34.7 Å². The number of halogens is 3. The van der Waals surface area contributed by atoms with E-state index in [9.17, 15) is 9.59 Å². The fourth-order valence-corrected chi connectivity index (χ4v) is 4.33. The molecule has 0 aliphatic carbocycles. The summed E-state index contributed by atoms with van der Waals surface area (Å²) in [7, 11) is 1.56. The number of carbonyl (C=O) groups is 2. The van der Waals surface area contributed by atoms with Gasteiger partial charge in [0.15, 0.2) is 0 Å². The first-order valence-corrected chi connectivity index (χ1v) is 11.8. The number of rotatable bonds is 4. The van der Waals surface area contributed by atoms with Crippen LogP contribution in [0, 0.1) is 0 Å². The molecule has 1 aliphatic rings. The zero-order valence-electron chi connectivity index (χ0n) is 19.1. The first kappa shape index (κ1) is 25.5. The van der Waals surface area contributed by atoms with Gasteiger partial charge in [0, 0.05) is 36.7 Å². The van der Waals surface area contributed by atoms with Gasteiger partial charge in [-0.3, -0.25) is 4.79 Å². The summed E-state index contributed by atoms with van der Waals surface area (Å²) in [5.41, 5.74) is 1.22. The van der Waals surface area contributed by atoms with Gasteiger partial charge < -0.3 is 19.4 Å². The van der Waals surface area contributed by atoms with E-state index in [1.54, 1.807) is 44.9 Å². The van der Waals surface area contributed by atoms with Gasteiger partial charge >= 0.3 is 6.09 Å². The van der Waals surface area contributed by atoms with Crippen LogP contribution in [0.1, 0.15) is 32.4 Å². The van der Waals surface area contributed by atoms with E-state index in [4.69, 9.17) is 39.5 Å². The van der Waals surface area contributed by atoms with Crippen molar-refractivity contribution in [3.63, 3.8) is 0 Å². The smallest absolute Gasteiger partial charge is 0.410 e. The molecule has 0 radical (unpaired) electrons. The average molecular weight is 513 g/mol. The van der Waals surface area contributed by atoms with Crippen LogP contribution in [0.3, 0.4) is 0 Å². The van der Waals surface area contributed by atoms with Crippen molar-refractivity contribution >= 4 is 52.5 Å². The van der Waals surface area contributed by atoms with Crippen molar-refractivity contribution in [2.75, 3.05) is 38.1 Å². The highest BCUT2D eigenvalue weighted by molar-refractivity contribution is 6.36. The topological polar surface area (TPSA) is 53.1 Å². The van der Waals surface area contributed by atoms with Crippen molar-refractivity contribution < 1.29 is 14.3 Å². The minimum atomic E-state index is -0.627. The largest absolute Gasteiger partial charge is 0.444 e. The molecule has 0 N–H and O–H groups in total. The number of piperazine rings is 1. The molecule has 0 bridgehead atoms. The van der Waals surface area contributed by atoms with Gasteiger partial charge in [0.2, 0.25) is 5.91 Å². The Morgan fingerprint density at radius 3 is 2.27 bits per heavy atom. The Balaban J connectivity index is 1.80. The van der Waals surface area contributed by atoms with Crippen LogP contribution in [0.15, 0.2) is 42.5 Å². The first-order valence-electron chi connectivity index (χ1n) is 10.6. The van der Waals surface area contributed by atoms with Crippen molar-refractivity contribution in [2.45, 2.75) is 32.4 Å². The number of nitrogens with zero attached hydrogens (tertiary/aromatic N) is 3. The second-order valence-electron chi connectivity index (χ2n) is 9.03. The number of likely N-dealkylation sites (N-methyl/N-ethyl adjacent to an activating group) is 1. The predicted octanol–water partition coefficient (Wildman–Crippen LogP) is 5.90. The molecular formula is C24H28Cl3N3O3. The van der Waals surface area contributed by atoms with Gasteiger partial charge in [-0.25, -0.2) is 4.79 Å². The maximum Gasteiger partial charge on any atom is 0.410 e. The Kier molecular flexibility index (Phi) is 8.04. The number of ether oxygens (including phenoxy) is 1. The Morgan fingerprint density at radius 2 is 1.67 bits per heavy atom. The molecular weight excluding hydrogens is 485 g/mol. The van der Waals surface area contributed by atoms with E-state index in [1.165, 1.54) is 4.90 Å². The van der Waals surface area contributed by atoms with Crippen LogP contribution in [0.5, 0.6) is 0 Å². The molecule has 0 aromatic heterocycles. The quantitative estimate of drug-likeness (QED) is 0.511. The summed E-state index contributed by atoms with van der Waals surface area (Å²) in [5.74, 6) is -0.149. The highest BCUT2D eigenvalue weighted by atomic mass is 35.5. The molecule has 2 amide bonds. The monoisotopic (exact) mass is 511 g/mol. The number of hydrogen-bond donors (Lipinski definition) is 0. The lowest BCUT2D eigenvalue weighted by atomic mass is 10.0. The standard InChI is InChI=1S/C24H28Cl3N3O3/c1-24(2,3)33-23(32)28(4)15-22(31)29-11-12-30(20-10-9-18(26)13-19(20)27)21(14-29)16-5-7-17(25)8-6-16/h5-10,13,21H,11-12,14-15H2,1-4H3/t21-/m0/s1. The average Bonchev–Trinajstić information content (AvgIpc) is 2.73. The Labute approximate surface area is 209 Å². The molecule has 0 unspecified atom stereocenters. The Hall–Kier alpha value is -2.15. The lowest BCUT2D eigenvalue weighted by Gasteiger charge is -2.43. The third-order valence-electron chi connectivity index (χ3n) is 5.28. The summed E-state index contributed by atoms with van der Waals surface area (Å²) in [5, 5.41) is 1.74. The highest BCUT2D eigenvalue weighted by Crippen LogP contribution is 2.36. The molecule has 6 nitrogen and oxygen atoms in total. The van der Waals surface area contributed by atoms with Crippen LogP contribution in [0.4, 0.5) is 10.5 Å². The van der Waals surface area contributed by atoms with E-state index in [0.717, 1.165) is 11.3 Å². The molecule has 2 aromatic carbocycles. The number of carbonyl (C=O) groups excluding carboxylic acids is 2. The molecule has 9 heteroatoms. The van der Waals surface area contributed by atoms with Gasteiger partial charge in [0.05, 0.1) is 16.8 Å². The van der Waals surface area contributed by atoms with Crippen LogP contribution < -0.4 is 4.90 Å². The van der Waals surface area contributed by atoms with E-state index in [1.807, 2.05) is 30.3 Å². The van der Waals surface area contributed by atoms with Gasteiger partial charge in [-0.1, -0.05) is 46.9 Å². The highest BCUT2D eigenvalue weighted by Gasteiger charge is 2.33. The molecule has 0 spiro atoms. The van der Waals surface area contributed by atoms with Gasteiger partial charge in [-0.2, -0.15) is 0 Å². The fourth-order valence-electron chi connectivity index (χ4n) is 3.69. The van der Waals surface area contributed by atoms with E-state index < -0.39 is 11.7 Å². The first-order chi connectivity index (χ1) is 15.4. The van der Waals surface area contributed by atoms with Crippen LogP contribution in [0.25, 0.3) is 0 Å². The van der Waals surface area contributed by atoms with Gasteiger partial charge in [0.1, 0.15) is 12.1 Å². The normalized spacial score (nSPS) is 16.5. The van der Waals surface area contributed by atoms with Gasteiger partial charge in [0.25, 0.3) is 0 Å². The third-order valence-corrected chi connectivity index (χ3v) is 6.07. The molecule has 2 aromatic rings. The van der Waals surface area contributed by atoms with Crippen LogP contribution in [-0.2, 0) is 9.53 Å². The zero-order chi connectivity index (χ0) is 24.3. The van der Waals surface area contributed by atoms with Gasteiger partial charge in [-0.05, 0) is 56.7 Å². The maximum absolute atomic E-state index is 13.1. The van der Waals surface area contributed by atoms with Crippen molar-refractivity contribution in [3.05, 3.63) is 63.1 Å². The zero-order valence-corrected chi connectivity index (χ0v) is 21.4. The van der Waals surface area contributed by atoms with Crippen molar-refractivity contribution in [1.29, 1.82) is 0 Å². The number of benzene rings is 2. The van der Waals surface area contributed by atoms with Crippen LogP contribution in [-0.4, -0.2) is 60.6 Å². The second kappa shape index (κ2) is 10.4. The number of hydrogen-bond acceptors (Lipinski definition) is 4. The summed E-state index contributed by atoms with van der Waals surface area (Å²) in [6.45, 7) is 6.79. The molecule has 1 aliphatic heterocycles. The number of anilines is 1. The lowest BCUT2D eigenvalue weighted by molar-refractivity contribution is -0.133. The van der Waals surface area contributed by atoms with Gasteiger partial charge in [-0.15, -0.1) is 0 Å². The summed E-state index contributed by atoms with van der Waals surface area (Å²) >= 11 is 18.7. The Morgan fingerprint density at radius 1 is 1.03 bits per heavy atom. The molecule has 1 atom stereocenters. The molecule has 0 saturated carbocycles. The molecule has 1 saturated heterocycles.